The van der Waals surface area contributed by atoms with Crippen LogP contribution in [0.2, 0.25) is 0 Å². The first kappa shape index (κ1) is 15.5. The minimum Gasteiger partial charge on any atom is -0.384 e. The number of thiophene rings is 1. The Balaban J connectivity index is 1.92. The summed E-state index contributed by atoms with van der Waals surface area (Å²) in [6.45, 7) is 3.79. The number of hydrogen-bond acceptors (Lipinski definition) is 4. The van der Waals surface area contributed by atoms with E-state index in [-0.39, 0.29) is 12.5 Å². The van der Waals surface area contributed by atoms with Gasteiger partial charge in [0.25, 0.3) is 0 Å². The second-order valence-corrected chi connectivity index (χ2v) is 5.93. The molecule has 2 aromatic rings. The van der Waals surface area contributed by atoms with Gasteiger partial charge in [-0.2, -0.15) is 16.4 Å². The SMILES string of the molecule is Cc1c(/C=C/C(=O)NCC(C)(O)c2ccsc2)cnn1C. The molecule has 1 amide bonds. The summed E-state index contributed by atoms with van der Waals surface area (Å²) in [6, 6.07) is 1.85. The van der Waals surface area contributed by atoms with Crippen molar-refractivity contribution in [1.29, 1.82) is 0 Å². The van der Waals surface area contributed by atoms with Gasteiger partial charge >= 0.3 is 0 Å². The third kappa shape index (κ3) is 3.80. The van der Waals surface area contributed by atoms with E-state index in [0.29, 0.717) is 0 Å². The highest BCUT2D eigenvalue weighted by atomic mass is 32.1. The summed E-state index contributed by atoms with van der Waals surface area (Å²) in [7, 11) is 1.85. The van der Waals surface area contributed by atoms with E-state index < -0.39 is 5.60 Å². The summed E-state index contributed by atoms with van der Waals surface area (Å²) in [5.74, 6) is -0.242. The van der Waals surface area contributed by atoms with Crippen LogP contribution >= 0.6 is 11.3 Å². The molecule has 0 fully saturated rings. The molecule has 0 aliphatic carbocycles. The Bertz CT molecular complexity index is 642. The van der Waals surface area contributed by atoms with Gasteiger partial charge in [-0.1, -0.05) is 0 Å². The number of aryl methyl sites for hydroxylation is 1. The standard InChI is InChI=1S/C15H19N3O2S/c1-11-12(8-17-18(11)3)4-5-14(19)16-10-15(2,20)13-6-7-21-9-13/h4-9,20H,10H2,1-3H3,(H,16,19)/b5-4+. The zero-order valence-electron chi connectivity index (χ0n) is 12.3. The number of aliphatic hydroxyl groups is 1. The number of carbonyl (C=O) groups excluding carboxylic acids is 1. The van der Waals surface area contributed by atoms with Gasteiger partial charge in [0.2, 0.25) is 5.91 Å². The van der Waals surface area contributed by atoms with Crippen LogP contribution in [0, 0.1) is 6.92 Å². The van der Waals surface area contributed by atoms with Crippen LogP contribution in [0.1, 0.15) is 23.7 Å². The van der Waals surface area contributed by atoms with Gasteiger partial charge in [-0.3, -0.25) is 9.48 Å². The molecule has 0 saturated carbocycles. The molecule has 1 atom stereocenters. The monoisotopic (exact) mass is 305 g/mol. The molecule has 1 unspecified atom stereocenters. The molecule has 6 heteroatoms. The lowest BCUT2D eigenvalue weighted by molar-refractivity contribution is -0.117. The number of hydrogen-bond donors (Lipinski definition) is 2. The Morgan fingerprint density at radius 3 is 2.95 bits per heavy atom. The molecular formula is C15H19N3O2S. The summed E-state index contributed by atoms with van der Waals surface area (Å²) in [6.07, 6.45) is 4.88. The Labute approximate surface area is 127 Å². The van der Waals surface area contributed by atoms with Gasteiger partial charge in [-0.05, 0) is 42.3 Å². The van der Waals surface area contributed by atoms with Crippen LogP contribution in [0.25, 0.3) is 6.08 Å². The van der Waals surface area contributed by atoms with E-state index in [9.17, 15) is 9.90 Å². The Hall–Kier alpha value is -1.92. The van der Waals surface area contributed by atoms with Crippen molar-refractivity contribution < 1.29 is 9.90 Å². The number of nitrogens with zero attached hydrogens (tertiary/aromatic N) is 2. The minimum atomic E-state index is -1.06. The highest BCUT2D eigenvalue weighted by Gasteiger charge is 2.23. The van der Waals surface area contributed by atoms with Crippen molar-refractivity contribution in [2.75, 3.05) is 6.54 Å². The molecule has 2 rings (SSSR count). The highest BCUT2D eigenvalue weighted by Crippen LogP contribution is 2.21. The van der Waals surface area contributed by atoms with Crippen LogP contribution < -0.4 is 5.32 Å². The van der Waals surface area contributed by atoms with Crippen molar-refractivity contribution in [2.24, 2.45) is 7.05 Å². The third-order valence-corrected chi connectivity index (χ3v) is 4.12. The average Bonchev–Trinajstić information content (AvgIpc) is 3.08. The largest absolute Gasteiger partial charge is 0.384 e. The molecule has 0 radical (unpaired) electrons. The van der Waals surface area contributed by atoms with Crippen LogP contribution in [0.5, 0.6) is 0 Å². The van der Waals surface area contributed by atoms with Crippen LogP contribution in [0.3, 0.4) is 0 Å². The lowest BCUT2D eigenvalue weighted by atomic mass is 9.99. The summed E-state index contributed by atoms with van der Waals surface area (Å²) in [5.41, 5.74) is 1.63. The van der Waals surface area contributed by atoms with Gasteiger partial charge in [-0.15, -0.1) is 0 Å². The predicted octanol–water partition coefficient (Wildman–Crippen LogP) is 1.83. The molecule has 112 valence electrons. The van der Waals surface area contributed by atoms with Crippen molar-refractivity contribution in [3.05, 3.63) is 45.9 Å². The van der Waals surface area contributed by atoms with E-state index >= 15 is 0 Å². The molecule has 21 heavy (non-hydrogen) atoms. The van der Waals surface area contributed by atoms with Crippen molar-refractivity contribution in [1.82, 2.24) is 15.1 Å². The molecule has 0 aliphatic heterocycles. The van der Waals surface area contributed by atoms with E-state index in [0.717, 1.165) is 16.8 Å². The van der Waals surface area contributed by atoms with Gasteiger partial charge in [0.1, 0.15) is 5.60 Å². The molecular weight excluding hydrogens is 286 g/mol. The molecule has 0 bridgehead atoms. The van der Waals surface area contributed by atoms with Gasteiger partial charge in [0.15, 0.2) is 0 Å². The normalized spacial score (nSPS) is 14.3. The highest BCUT2D eigenvalue weighted by molar-refractivity contribution is 7.08. The molecule has 0 aromatic carbocycles. The Morgan fingerprint density at radius 2 is 2.38 bits per heavy atom. The molecule has 2 N–H and O–H groups in total. The first-order valence-electron chi connectivity index (χ1n) is 6.60. The number of carbonyl (C=O) groups is 1. The lowest BCUT2D eigenvalue weighted by Gasteiger charge is -2.22. The molecule has 2 heterocycles. The fourth-order valence-electron chi connectivity index (χ4n) is 1.84. The number of amides is 1. The molecule has 2 aromatic heterocycles. The summed E-state index contributed by atoms with van der Waals surface area (Å²) < 4.78 is 1.75. The van der Waals surface area contributed by atoms with Gasteiger partial charge < -0.3 is 10.4 Å². The van der Waals surface area contributed by atoms with Crippen LogP contribution in [-0.4, -0.2) is 27.3 Å². The minimum absolute atomic E-state index is 0.166. The van der Waals surface area contributed by atoms with Crippen LogP contribution in [0.15, 0.2) is 29.1 Å². The van der Waals surface area contributed by atoms with Gasteiger partial charge in [-0.25, -0.2) is 0 Å². The maximum absolute atomic E-state index is 11.8. The van der Waals surface area contributed by atoms with E-state index in [4.69, 9.17) is 0 Å². The van der Waals surface area contributed by atoms with Crippen molar-refractivity contribution in [2.45, 2.75) is 19.4 Å². The van der Waals surface area contributed by atoms with E-state index in [1.54, 1.807) is 23.9 Å². The van der Waals surface area contributed by atoms with Crippen LogP contribution in [0.4, 0.5) is 0 Å². The van der Waals surface area contributed by atoms with Crippen molar-refractivity contribution >= 4 is 23.3 Å². The predicted molar refractivity (Wildman–Crippen MR) is 83.9 cm³/mol. The average molecular weight is 305 g/mol. The van der Waals surface area contributed by atoms with E-state index in [1.807, 2.05) is 30.8 Å². The van der Waals surface area contributed by atoms with Crippen molar-refractivity contribution in [3.63, 3.8) is 0 Å². The second-order valence-electron chi connectivity index (χ2n) is 5.15. The zero-order valence-corrected chi connectivity index (χ0v) is 13.1. The summed E-state index contributed by atoms with van der Waals surface area (Å²) in [4.78, 5) is 11.8. The summed E-state index contributed by atoms with van der Waals surface area (Å²) in [5, 5.41) is 20.9. The molecule has 0 aliphatic rings. The fourth-order valence-corrected chi connectivity index (χ4v) is 2.62. The first-order chi connectivity index (χ1) is 9.90. The van der Waals surface area contributed by atoms with E-state index in [2.05, 4.69) is 10.4 Å². The second kappa shape index (κ2) is 6.24. The molecule has 0 spiro atoms. The number of aromatic nitrogens is 2. The zero-order chi connectivity index (χ0) is 15.5. The lowest BCUT2D eigenvalue weighted by Crippen LogP contribution is -2.37. The third-order valence-electron chi connectivity index (χ3n) is 3.44. The maximum atomic E-state index is 11.8. The molecule has 5 nitrogen and oxygen atoms in total. The molecule has 0 saturated heterocycles. The fraction of sp³-hybridized carbons (Fsp3) is 0.333. The van der Waals surface area contributed by atoms with Crippen molar-refractivity contribution in [3.8, 4) is 0 Å². The smallest absolute Gasteiger partial charge is 0.244 e. The first-order valence-corrected chi connectivity index (χ1v) is 7.54. The van der Waals surface area contributed by atoms with Crippen LogP contribution in [-0.2, 0) is 17.4 Å². The maximum Gasteiger partial charge on any atom is 0.244 e. The Kier molecular flexibility index (Phi) is 4.59. The van der Waals surface area contributed by atoms with Gasteiger partial charge in [0.05, 0.1) is 12.7 Å². The van der Waals surface area contributed by atoms with Gasteiger partial charge in [0, 0.05) is 24.4 Å². The topological polar surface area (TPSA) is 67.2 Å². The van der Waals surface area contributed by atoms with E-state index in [1.165, 1.54) is 17.4 Å². The number of rotatable bonds is 5. The quantitative estimate of drug-likeness (QED) is 0.828. The Morgan fingerprint density at radius 1 is 1.62 bits per heavy atom. The number of nitrogens with one attached hydrogen (secondary N) is 1. The summed E-state index contributed by atoms with van der Waals surface area (Å²) >= 11 is 1.52.